The van der Waals surface area contributed by atoms with Crippen molar-refractivity contribution in [3.05, 3.63) is 35.9 Å². The molecule has 5 heteroatoms. The highest BCUT2D eigenvalue weighted by atomic mass is 19.4. The molecule has 0 aromatic heterocycles. The molecule has 1 aromatic rings. The largest absolute Gasteiger partial charge is 0.487 e. The average Bonchev–Trinajstić information content (AvgIpc) is 2.35. The predicted molar refractivity (Wildman–Crippen MR) is 69.7 cm³/mol. The molecule has 0 radical (unpaired) electrons. The minimum atomic E-state index is -4.82. The standard InChI is InChI=1S/C13H20BF3N/c1-4-18(5-2)13(11(3)14(15,16)17)12-9-7-6-8-10-12/h6-11,13H,4-5H2,1-3H3/q-1/p+1. The molecule has 2 atom stereocenters. The summed E-state index contributed by atoms with van der Waals surface area (Å²) in [4.78, 5) is 0.980. The van der Waals surface area contributed by atoms with E-state index in [9.17, 15) is 12.9 Å². The number of quaternary nitrogens is 1. The highest BCUT2D eigenvalue weighted by molar-refractivity contribution is 6.60. The summed E-state index contributed by atoms with van der Waals surface area (Å²) in [6.45, 7) is 1.76. The Hall–Kier alpha value is -0.965. The molecule has 0 amide bonds. The zero-order valence-electron chi connectivity index (χ0n) is 11.2. The summed E-state index contributed by atoms with van der Waals surface area (Å²) in [6.07, 6.45) is 0. The molecule has 0 fully saturated rings. The monoisotopic (exact) mass is 259 g/mol. The fraction of sp³-hybridized carbons (Fsp3) is 0.538. The number of nitrogens with one attached hydrogen (secondary N) is 1. The van der Waals surface area contributed by atoms with Crippen LogP contribution in [0.5, 0.6) is 0 Å². The molecule has 0 aliphatic rings. The highest BCUT2D eigenvalue weighted by Crippen LogP contribution is 2.35. The Morgan fingerprint density at radius 2 is 1.56 bits per heavy atom. The van der Waals surface area contributed by atoms with Crippen LogP contribution in [0.3, 0.4) is 0 Å². The van der Waals surface area contributed by atoms with E-state index in [1.165, 1.54) is 6.92 Å². The number of hydrogen-bond donors (Lipinski definition) is 1. The van der Waals surface area contributed by atoms with Gasteiger partial charge in [-0.1, -0.05) is 37.3 Å². The second kappa shape index (κ2) is 6.27. The maximum Gasteiger partial charge on any atom is 0.487 e. The summed E-state index contributed by atoms with van der Waals surface area (Å²) in [6, 6.07) is 8.55. The van der Waals surface area contributed by atoms with Gasteiger partial charge in [-0.3, -0.25) is 0 Å². The number of benzene rings is 1. The third kappa shape index (κ3) is 3.51. The molecule has 0 heterocycles. The maximum atomic E-state index is 13.1. The lowest BCUT2D eigenvalue weighted by atomic mass is 9.67. The van der Waals surface area contributed by atoms with Gasteiger partial charge in [0, 0.05) is 5.56 Å². The van der Waals surface area contributed by atoms with E-state index in [0.717, 1.165) is 10.5 Å². The number of rotatable bonds is 6. The van der Waals surface area contributed by atoms with Crippen molar-refractivity contribution in [2.75, 3.05) is 13.1 Å². The summed E-state index contributed by atoms with van der Waals surface area (Å²) in [5.41, 5.74) is 0.780. The van der Waals surface area contributed by atoms with Crippen molar-refractivity contribution in [3.8, 4) is 0 Å². The molecule has 1 N–H and O–H groups in total. The molecule has 0 aliphatic carbocycles. The first-order valence-electron chi connectivity index (χ1n) is 6.51. The van der Waals surface area contributed by atoms with E-state index in [2.05, 4.69) is 0 Å². The Kier molecular flexibility index (Phi) is 5.26. The van der Waals surface area contributed by atoms with Gasteiger partial charge in [0.25, 0.3) is 0 Å². The van der Waals surface area contributed by atoms with Gasteiger partial charge >= 0.3 is 6.98 Å². The van der Waals surface area contributed by atoms with Crippen LogP contribution < -0.4 is 4.90 Å². The van der Waals surface area contributed by atoms with Gasteiger partial charge in [-0.05, 0) is 19.7 Å². The SMILES string of the molecule is CC[NH+](CC)C(c1ccccc1)C(C)[B-](F)(F)F. The topological polar surface area (TPSA) is 4.44 Å². The molecular formula is C13H21BF3N. The van der Waals surface area contributed by atoms with Crippen LogP contribution in [0.2, 0.25) is 5.82 Å². The van der Waals surface area contributed by atoms with Crippen LogP contribution in [0.15, 0.2) is 30.3 Å². The van der Waals surface area contributed by atoms with Crippen molar-refractivity contribution in [1.29, 1.82) is 0 Å². The van der Waals surface area contributed by atoms with Gasteiger partial charge in [0.2, 0.25) is 0 Å². The van der Waals surface area contributed by atoms with Gasteiger partial charge in [-0.15, -0.1) is 0 Å². The first-order chi connectivity index (χ1) is 8.41. The van der Waals surface area contributed by atoms with Crippen molar-refractivity contribution in [3.63, 3.8) is 0 Å². The molecule has 1 nitrogen and oxygen atoms in total. The van der Waals surface area contributed by atoms with Gasteiger partial charge in [-0.25, -0.2) is 0 Å². The van der Waals surface area contributed by atoms with E-state index in [0.29, 0.717) is 13.1 Å². The summed E-state index contributed by atoms with van der Waals surface area (Å²) in [5, 5.41) is 0. The average molecular weight is 259 g/mol. The van der Waals surface area contributed by atoms with Gasteiger partial charge in [0.15, 0.2) is 0 Å². The van der Waals surface area contributed by atoms with E-state index in [1.54, 1.807) is 24.3 Å². The third-order valence-corrected chi connectivity index (χ3v) is 3.63. The van der Waals surface area contributed by atoms with Crippen LogP contribution in [0.1, 0.15) is 32.4 Å². The molecule has 0 aliphatic heterocycles. The van der Waals surface area contributed by atoms with Gasteiger partial charge < -0.3 is 17.8 Å². The molecule has 102 valence electrons. The number of hydrogen-bond acceptors (Lipinski definition) is 0. The van der Waals surface area contributed by atoms with Gasteiger partial charge in [0.1, 0.15) is 0 Å². The Morgan fingerprint density at radius 1 is 1.06 bits per heavy atom. The van der Waals surface area contributed by atoms with Crippen molar-refractivity contribution < 1.29 is 17.8 Å². The minimum absolute atomic E-state index is 0.499. The molecule has 0 saturated heterocycles. The number of halogens is 3. The zero-order chi connectivity index (χ0) is 13.8. The lowest BCUT2D eigenvalue weighted by molar-refractivity contribution is -0.928. The molecule has 0 bridgehead atoms. The zero-order valence-corrected chi connectivity index (χ0v) is 11.2. The molecule has 18 heavy (non-hydrogen) atoms. The van der Waals surface area contributed by atoms with Crippen molar-refractivity contribution >= 4 is 6.98 Å². The Bertz CT molecular complexity index is 349. The Balaban J connectivity index is 3.10. The summed E-state index contributed by atoms with van der Waals surface area (Å²) in [5.74, 6) is -1.28. The molecule has 1 rings (SSSR count). The van der Waals surface area contributed by atoms with Crippen molar-refractivity contribution in [2.24, 2.45) is 0 Å². The Morgan fingerprint density at radius 3 is 1.94 bits per heavy atom. The van der Waals surface area contributed by atoms with E-state index >= 15 is 0 Å². The maximum absolute atomic E-state index is 13.1. The van der Waals surface area contributed by atoms with Crippen LogP contribution in [0.4, 0.5) is 12.9 Å². The van der Waals surface area contributed by atoms with Crippen LogP contribution in [0, 0.1) is 0 Å². The molecule has 0 spiro atoms. The first-order valence-corrected chi connectivity index (χ1v) is 6.51. The van der Waals surface area contributed by atoms with Gasteiger partial charge in [0.05, 0.1) is 19.1 Å². The van der Waals surface area contributed by atoms with E-state index in [-0.39, 0.29) is 0 Å². The second-order valence-electron chi connectivity index (χ2n) is 4.74. The van der Waals surface area contributed by atoms with Crippen LogP contribution in [0.25, 0.3) is 0 Å². The predicted octanol–water partition coefficient (Wildman–Crippen LogP) is 2.89. The van der Waals surface area contributed by atoms with E-state index < -0.39 is 18.8 Å². The third-order valence-electron chi connectivity index (χ3n) is 3.63. The van der Waals surface area contributed by atoms with Crippen LogP contribution >= 0.6 is 0 Å². The fourth-order valence-corrected chi connectivity index (χ4v) is 2.48. The first kappa shape index (κ1) is 15.1. The Labute approximate surface area is 107 Å². The summed E-state index contributed by atoms with van der Waals surface area (Å²) in [7, 11) is 0. The van der Waals surface area contributed by atoms with Crippen LogP contribution in [-0.2, 0) is 0 Å². The lowest BCUT2D eigenvalue weighted by Crippen LogP contribution is -3.12. The summed E-state index contributed by atoms with van der Waals surface area (Å²) >= 11 is 0. The normalized spacial score (nSPS) is 15.7. The van der Waals surface area contributed by atoms with E-state index in [1.807, 2.05) is 19.9 Å². The molecule has 0 saturated carbocycles. The molecule has 1 aromatic carbocycles. The van der Waals surface area contributed by atoms with E-state index in [4.69, 9.17) is 0 Å². The molecular weight excluding hydrogens is 238 g/mol. The lowest BCUT2D eigenvalue weighted by Gasteiger charge is -2.36. The smallest absolute Gasteiger partial charge is 0.449 e. The van der Waals surface area contributed by atoms with Crippen molar-refractivity contribution in [2.45, 2.75) is 32.6 Å². The highest BCUT2D eigenvalue weighted by Gasteiger charge is 2.41. The fourth-order valence-electron chi connectivity index (χ4n) is 2.48. The quantitative estimate of drug-likeness (QED) is 0.749. The van der Waals surface area contributed by atoms with Gasteiger partial charge in [-0.2, -0.15) is 0 Å². The summed E-state index contributed by atoms with van der Waals surface area (Å²) < 4.78 is 39.2. The molecule has 2 unspecified atom stereocenters. The second-order valence-corrected chi connectivity index (χ2v) is 4.74. The minimum Gasteiger partial charge on any atom is -0.449 e. The van der Waals surface area contributed by atoms with Crippen molar-refractivity contribution in [1.82, 2.24) is 0 Å². The van der Waals surface area contributed by atoms with Crippen LogP contribution in [-0.4, -0.2) is 20.1 Å².